The van der Waals surface area contributed by atoms with Crippen molar-refractivity contribution in [3.8, 4) is 12.3 Å². The number of benzene rings is 1. The zero-order chi connectivity index (χ0) is 10.6. The van der Waals surface area contributed by atoms with Gasteiger partial charge in [-0.3, -0.25) is 0 Å². The van der Waals surface area contributed by atoms with Gasteiger partial charge in [-0.05, 0) is 23.0 Å². The van der Waals surface area contributed by atoms with Crippen molar-refractivity contribution in [2.75, 3.05) is 0 Å². The van der Waals surface area contributed by atoms with E-state index in [1.165, 1.54) is 11.1 Å². The molecule has 0 nitrogen and oxygen atoms in total. The molecule has 0 heterocycles. The fraction of sp³-hybridized carbons (Fsp3) is 0.357. The van der Waals surface area contributed by atoms with E-state index in [9.17, 15) is 0 Å². The first-order valence-electron chi connectivity index (χ1n) is 4.91. The van der Waals surface area contributed by atoms with Crippen LogP contribution in [0.1, 0.15) is 31.9 Å². The molecule has 0 aliphatic heterocycles. The molecule has 0 amide bonds. The third-order valence-corrected chi connectivity index (χ3v) is 2.28. The van der Waals surface area contributed by atoms with E-state index in [4.69, 9.17) is 6.42 Å². The number of rotatable bonds is 2. The molecule has 0 heteroatoms. The lowest BCUT2D eigenvalue weighted by Crippen LogP contribution is -2.10. The van der Waals surface area contributed by atoms with Gasteiger partial charge < -0.3 is 0 Å². The van der Waals surface area contributed by atoms with Crippen molar-refractivity contribution in [2.45, 2.75) is 32.6 Å². The Hall–Kier alpha value is -1.22. The highest BCUT2D eigenvalue weighted by Crippen LogP contribution is 2.22. The SMILES string of the molecule is C#C[CH]Cc1ccc(C(C)(C)C)cc1. The summed E-state index contributed by atoms with van der Waals surface area (Å²) in [6, 6.07) is 8.65. The predicted octanol–water partition coefficient (Wildman–Crippen LogP) is 3.36. The molecule has 0 unspecified atom stereocenters. The molecule has 1 rings (SSSR count). The Morgan fingerprint density at radius 1 is 1.21 bits per heavy atom. The van der Waals surface area contributed by atoms with Crippen molar-refractivity contribution >= 4 is 0 Å². The van der Waals surface area contributed by atoms with Gasteiger partial charge in [0.1, 0.15) is 0 Å². The second-order valence-corrected chi connectivity index (χ2v) is 4.52. The molecule has 0 fully saturated rings. The summed E-state index contributed by atoms with van der Waals surface area (Å²) >= 11 is 0. The van der Waals surface area contributed by atoms with Gasteiger partial charge in [0, 0.05) is 6.42 Å². The van der Waals surface area contributed by atoms with Crippen LogP contribution < -0.4 is 0 Å². The van der Waals surface area contributed by atoms with Crippen LogP contribution in [0.2, 0.25) is 0 Å². The molecule has 1 aromatic rings. The Morgan fingerprint density at radius 2 is 1.79 bits per heavy atom. The second kappa shape index (κ2) is 4.33. The summed E-state index contributed by atoms with van der Waals surface area (Å²) in [5, 5.41) is 0. The van der Waals surface area contributed by atoms with E-state index < -0.39 is 0 Å². The summed E-state index contributed by atoms with van der Waals surface area (Å²) in [4.78, 5) is 0. The van der Waals surface area contributed by atoms with Gasteiger partial charge in [-0.2, -0.15) is 0 Å². The van der Waals surface area contributed by atoms with Gasteiger partial charge in [0.15, 0.2) is 0 Å². The predicted molar refractivity (Wildman–Crippen MR) is 62.0 cm³/mol. The van der Waals surface area contributed by atoms with Crippen LogP contribution in [-0.2, 0) is 11.8 Å². The van der Waals surface area contributed by atoms with Crippen molar-refractivity contribution in [1.29, 1.82) is 0 Å². The minimum Gasteiger partial charge on any atom is -0.120 e. The average Bonchev–Trinajstić information content (AvgIpc) is 2.14. The lowest BCUT2D eigenvalue weighted by Gasteiger charge is -2.19. The largest absolute Gasteiger partial charge is 0.120 e. The highest BCUT2D eigenvalue weighted by molar-refractivity contribution is 5.29. The first-order chi connectivity index (χ1) is 6.54. The van der Waals surface area contributed by atoms with Crippen LogP contribution in [0, 0.1) is 18.8 Å². The summed E-state index contributed by atoms with van der Waals surface area (Å²) in [5.41, 5.74) is 2.87. The van der Waals surface area contributed by atoms with E-state index in [0.717, 1.165) is 6.42 Å². The Morgan fingerprint density at radius 3 is 2.21 bits per heavy atom. The van der Waals surface area contributed by atoms with Crippen molar-refractivity contribution in [3.63, 3.8) is 0 Å². The third-order valence-electron chi connectivity index (χ3n) is 2.28. The molecule has 0 bridgehead atoms. The molecule has 0 N–H and O–H groups in total. The summed E-state index contributed by atoms with van der Waals surface area (Å²) in [7, 11) is 0. The lowest BCUT2D eigenvalue weighted by molar-refractivity contribution is 0.590. The number of hydrogen-bond acceptors (Lipinski definition) is 0. The highest BCUT2D eigenvalue weighted by Gasteiger charge is 2.12. The van der Waals surface area contributed by atoms with Crippen LogP contribution in [0.3, 0.4) is 0 Å². The molecule has 0 aliphatic rings. The first kappa shape index (κ1) is 10.9. The molecule has 0 spiro atoms. The summed E-state index contributed by atoms with van der Waals surface area (Å²) < 4.78 is 0. The minimum atomic E-state index is 0.231. The van der Waals surface area contributed by atoms with E-state index in [1.807, 2.05) is 6.42 Å². The van der Waals surface area contributed by atoms with Crippen molar-refractivity contribution in [1.82, 2.24) is 0 Å². The summed E-state index contributed by atoms with van der Waals surface area (Å²) in [5.74, 6) is 2.54. The van der Waals surface area contributed by atoms with Gasteiger partial charge in [-0.25, -0.2) is 0 Å². The van der Waals surface area contributed by atoms with Crippen LogP contribution in [0.25, 0.3) is 0 Å². The summed E-state index contributed by atoms with van der Waals surface area (Å²) in [6.07, 6.45) is 7.87. The smallest absolute Gasteiger partial charge is 0.0381 e. The quantitative estimate of drug-likeness (QED) is 0.620. The molecule has 1 radical (unpaired) electrons. The van der Waals surface area contributed by atoms with Gasteiger partial charge in [0.25, 0.3) is 0 Å². The third kappa shape index (κ3) is 2.92. The standard InChI is InChI=1S/C14H17/c1-5-6-7-12-8-10-13(11-9-12)14(2,3)4/h1,6,8-11H,7H2,2-4H3. The Balaban J connectivity index is 2.75. The molecule has 0 saturated carbocycles. The Labute approximate surface area is 87.4 Å². The van der Waals surface area contributed by atoms with E-state index >= 15 is 0 Å². The van der Waals surface area contributed by atoms with Gasteiger partial charge in [-0.1, -0.05) is 45.0 Å². The normalized spacial score (nSPS) is 11.0. The maximum Gasteiger partial charge on any atom is 0.0381 e. The van der Waals surface area contributed by atoms with E-state index in [1.54, 1.807) is 0 Å². The molecule has 0 atom stereocenters. The van der Waals surface area contributed by atoms with Crippen LogP contribution in [-0.4, -0.2) is 0 Å². The molecule has 73 valence electrons. The van der Waals surface area contributed by atoms with Crippen molar-refractivity contribution in [3.05, 3.63) is 41.8 Å². The maximum atomic E-state index is 5.17. The fourth-order valence-electron chi connectivity index (χ4n) is 1.32. The molecule has 1 aromatic carbocycles. The van der Waals surface area contributed by atoms with Gasteiger partial charge >= 0.3 is 0 Å². The first-order valence-corrected chi connectivity index (χ1v) is 4.91. The van der Waals surface area contributed by atoms with Gasteiger partial charge in [0.05, 0.1) is 0 Å². The molecule has 0 aromatic heterocycles. The molecule has 14 heavy (non-hydrogen) atoms. The van der Waals surface area contributed by atoms with Gasteiger partial charge in [-0.15, -0.1) is 12.3 Å². The number of hydrogen-bond donors (Lipinski definition) is 0. The van der Waals surface area contributed by atoms with Crippen LogP contribution in [0.4, 0.5) is 0 Å². The van der Waals surface area contributed by atoms with Crippen LogP contribution in [0.15, 0.2) is 24.3 Å². The summed E-state index contributed by atoms with van der Waals surface area (Å²) in [6.45, 7) is 6.65. The Kier molecular flexibility index (Phi) is 3.36. The van der Waals surface area contributed by atoms with E-state index in [-0.39, 0.29) is 5.41 Å². The zero-order valence-corrected chi connectivity index (χ0v) is 9.17. The monoisotopic (exact) mass is 185 g/mol. The Bertz CT molecular complexity index is 317. The van der Waals surface area contributed by atoms with Crippen LogP contribution >= 0.6 is 0 Å². The highest BCUT2D eigenvalue weighted by atomic mass is 14.2. The molecule has 0 saturated heterocycles. The minimum absolute atomic E-state index is 0.231. The molecule has 0 aliphatic carbocycles. The second-order valence-electron chi connectivity index (χ2n) is 4.52. The zero-order valence-electron chi connectivity index (χ0n) is 9.17. The average molecular weight is 185 g/mol. The maximum absolute atomic E-state index is 5.17. The van der Waals surface area contributed by atoms with E-state index in [0.29, 0.717) is 0 Å². The fourth-order valence-corrected chi connectivity index (χ4v) is 1.32. The lowest BCUT2D eigenvalue weighted by atomic mass is 9.86. The van der Waals surface area contributed by atoms with Crippen LogP contribution in [0.5, 0.6) is 0 Å². The topological polar surface area (TPSA) is 0 Å². The van der Waals surface area contributed by atoms with Gasteiger partial charge in [0.2, 0.25) is 0 Å². The van der Waals surface area contributed by atoms with Crippen molar-refractivity contribution < 1.29 is 0 Å². The number of terminal acetylenes is 1. The molecular formula is C14H17. The molecular weight excluding hydrogens is 168 g/mol. The van der Waals surface area contributed by atoms with E-state index in [2.05, 4.69) is 51.0 Å². The van der Waals surface area contributed by atoms with Crippen molar-refractivity contribution in [2.24, 2.45) is 0 Å².